The van der Waals surface area contributed by atoms with Gasteiger partial charge in [0.1, 0.15) is 12.1 Å². The lowest BCUT2D eigenvalue weighted by molar-refractivity contribution is -0.120. The Morgan fingerprint density at radius 3 is 2.38 bits per heavy atom. The van der Waals surface area contributed by atoms with Crippen molar-refractivity contribution in [2.45, 2.75) is 12.8 Å². The van der Waals surface area contributed by atoms with E-state index in [9.17, 15) is 4.79 Å². The molecule has 9 nitrogen and oxygen atoms in total. The normalized spacial score (nSPS) is 14.8. The van der Waals surface area contributed by atoms with Crippen LogP contribution in [0.5, 0.6) is 0 Å². The highest BCUT2D eigenvalue weighted by Gasteiger charge is 2.26. The minimum absolute atomic E-state index is 0.0256. The Bertz CT molecular complexity index is 1230. The van der Waals surface area contributed by atoms with Crippen molar-refractivity contribution >= 4 is 34.4 Å². The highest BCUT2D eigenvalue weighted by molar-refractivity contribution is 5.92. The van der Waals surface area contributed by atoms with Gasteiger partial charge in [0.25, 0.3) is 0 Å². The van der Waals surface area contributed by atoms with Crippen molar-refractivity contribution in [3.8, 4) is 0 Å². The molecule has 1 amide bonds. The van der Waals surface area contributed by atoms with Gasteiger partial charge in [0.05, 0.1) is 11.4 Å². The largest absolute Gasteiger partial charge is 0.355 e. The van der Waals surface area contributed by atoms with Gasteiger partial charge in [0.2, 0.25) is 5.91 Å². The van der Waals surface area contributed by atoms with Crippen molar-refractivity contribution in [1.82, 2.24) is 19.8 Å². The van der Waals surface area contributed by atoms with Crippen LogP contribution in [0.25, 0.3) is 5.65 Å². The van der Waals surface area contributed by atoms with Crippen LogP contribution in [0.1, 0.15) is 12.8 Å². The second-order valence-electron chi connectivity index (χ2n) is 7.66. The van der Waals surface area contributed by atoms with Crippen LogP contribution in [0.3, 0.4) is 0 Å². The molecule has 0 bridgehead atoms. The zero-order chi connectivity index (χ0) is 21.8. The molecule has 1 fully saturated rings. The maximum atomic E-state index is 12.7. The lowest BCUT2D eigenvalue weighted by Gasteiger charge is -2.32. The number of aromatic nitrogens is 4. The highest BCUT2D eigenvalue weighted by Crippen LogP contribution is 2.24. The molecular weight excluding hydrogens is 404 g/mol. The maximum absolute atomic E-state index is 12.7. The molecule has 0 radical (unpaired) electrons. The summed E-state index contributed by atoms with van der Waals surface area (Å²) in [7, 11) is 0. The van der Waals surface area contributed by atoms with E-state index in [0.717, 1.165) is 54.5 Å². The lowest BCUT2D eigenvalue weighted by atomic mass is 9.96. The fourth-order valence-electron chi connectivity index (χ4n) is 3.72. The van der Waals surface area contributed by atoms with Crippen molar-refractivity contribution in [2.75, 3.05) is 23.3 Å². The molecule has 1 saturated heterocycles. The van der Waals surface area contributed by atoms with E-state index in [2.05, 4.69) is 35.7 Å². The number of azo groups is 1. The second-order valence-corrected chi connectivity index (χ2v) is 7.66. The first-order valence-electron chi connectivity index (χ1n) is 10.5. The number of nitrogens with zero attached hydrogens (tertiary/aromatic N) is 7. The van der Waals surface area contributed by atoms with Crippen molar-refractivity contribution in [3.63, 3.8) is 0 Å². The molecule has 2 aromatic carbocycles. The Balaban J connectivity index is 1.15. The van der Waals surface area contributed by atoms with Crippen molar-refractivity contribution in [2.24, 2.45) is 16.1 Å². The Morgan fingerprint density at radius 2 is 1.62 bits per heavy atom. The summed E-state index contributed by atoms with van der Waals surface area (Å²) in [5, 5.41) is 23.8. The number of rotatable bonds is 5. The molecule has 0 saturated carbocycles. The first-order valence-corrected chi connectivity index (χ1v) is 10.5. The molecule has 0 spiro atoms. The summed E-state index contributed by atoms with van der Waals surface area (Å²) >= 11 is 0. The molecule has 2 aromatic heterocycles. The van der Waals surface area contributed by atoms with Crippen LogP contribution in [-0.2, 0) is 4.79 Å². The van der Waals surface area contributed by atoms with Gasteiger partial charge in [0, 0.05) is 24.7 Å². The minimum Gasteiger partial charge on any atom is -0.355 e. The molecule has 5 rings (SSSR count). The minimum atomic E-state index is -0.0256. The summed E-state index contributed by atoms with van der Waals surface area (Å²) in [5.74, 6) is 0.893. The fraction of sp³-hybridized carbons (Fsp3) is 0.217. The summed E-state index contributed by atoms with van der Waals surface area (Å²) in [6, 6.07) is 20.8. The van der Waals surface area contributed by atoms with Crippen LogP contribution in [-0.4, -0.2) is 38.8 Å². The molecule has 9 heteroatoms. The molecule has 4 aromatic rings. The molecule has 32 heavy (non-hydrogen) atoms. The molecular formula is C23H22N8O. The summed E-state index contributed by atoms with van der Waals surface area (Å²) in [4.78, 5) is 14.9. The number of nitrogens with one attached hydrogen (secondary N) is 1. The van der Waals surface area contributed by atoms with Crippen LogP contribution < -0.4 is 10.2 Å². The summed E-state index contributed by atoms with van der Waals surface area (Å²) < 4.78 is 1.66. The third-order valence-electron chi connectivity index (χ3n) is 5.51. The van der Waals surface area contributed by atoms with Crippen molar-refractivity contribution < 1.29 is 4.79 Å². The van der Waals surface area contributed by atoms with E-state index in [4.69, 9.17) is 0 Å². The van der Waals surface area contributed by atoms with Crippen molar-refractivity contribution in [3.05, 3.63) is 73.1 Å². The van der Waals surface area contributed by atoms with E-state index in [1.54, 1.807) is 10.8 Å². The van der Waals surface area contributed by atoms with Gasteiger partial charge >= 0.3 is 0 Å². The molecule has 0 atom stereocenters. The number of benzene rings is 2. The average molecular weight is 426 g/mol. The number of carbonyl (C=O) groups is 1. The number of carbonyl (C=O) groups excluding carboxylic acids is 1. The van der Waals surface area contributed by atoms with E-state index >= 15 is 0 Å². The quantitative estimate of drug-likeness (QED) is 0.477. The Hall–Kier alpha value is -4.14. The predicted molar refractivity (Wildman–Crippen MR) is 121 cm³/mol. The van der Waals surface area contributed by atoms with Gasteiger partial charge in [-0.25, -0.2) is 0 Å². The Labute approximate surface area is 184 Å². The van der Waals surface area contributed by atoms with Gasteiger partial charge in [-0.15, -0.1) is 15.3 Å². The summed E-state index contributed by atoms with van der Waals surface area (Å²) in [6.45, 7) is 1.55. The first kappa shape index (κ1) is 19.8. The van der Waals surface area contributed by atoms with Gasteiger partial charge < -0.3 is 10.2 Å². The topological polar surface area (TPSA) is 100 Å². The summed E-state index contributed by atoms with van der Waals surface area (Å²) in [5.41, 5.74) is 3.01. The fourth-order valence-corrected chi connectivity index (χ4v) is 3.72. The number of piperidine rings is 1. The van der Waals surface area contributed by atoms with Crippen molar-refractivity contribution in [1.29, 1.82) is 0 Å². The monoisotopic (exact) mass is 426 g/mol. The summed E-state index contributed by atoms with van der Waals surface area (Å²) in [6.07, 6.45) is 3.14. The van der Waals surface area contributed by atoms with Gasteiger partial charge in [-0.2, -0.15) is 14.7 Å². The maximum Gasteiger partial charge on any atom is 0.227 e. The van der Waals surface area contributed by atoms with E-state index in [0.29, 0.717) is 0 Å². The molecule has 0 aliphatic carbocycles. The third kappa shape index (κ3) is 4.46. The number of hydrogen-bond acceptors (Lipinski definition) is 7. The number of hydrogen-bond donors (Lipinski definition) is 1. The molecule has 1 N–H and O–H groups in total. The third-order valence-corrected chi connectivity index (χ3v) is 5.51. The number of anilines is 2. The van der Waals surface area contributed by atoms with E-state index in [1.807, 2.05) is 66.7 Å². The van der Waals surface area contributed by atoms with Gasteiger partial charge in [-0.3, -0.25) is 4.79 Å². The first-order chi connectivity index (χ1) is 15.7. The highest BCUT2D eigenvalue weighted by atomic mass is 16.1. The van der Waals surface area contributed by atoms with Gasteiger partial charge in [-0.05, 0) is 61.4 Å². The molecule has 1 aliphatic rings. The SMILES string of the molecule is O=C(Nc1ccc(N=Nc2ccccc2)cc1)C1CCN(c2ccc3nncn3n2)CC1. The second kappa shape index (κ2) is 8.93. The average Bonchev–Trinajstić information content (AvgIpc) is 3.32. The zero-order valence-electron chi connectivity index (χ0n) is 17.4. The van der Waals surface area contributed by atoms with Crippen LogP contribution in [0.4, 0.5) is 22.9 Å². The van der Waals surface area contributed by atoms with Gasteiger partial charge in [-0.1, -0.05) is 18.2 Å². The molecule has 3 heterocycles. The smallest absolute Gasteiger partial charge is 0.227 e. The van der Waals surface area contributed by atoms with Gasteiger partial charge in [0.15, 0.2) is 5.65 Å². The molecule has 1 aliphatic heterocycles. The van der Waals surface area contributed by atoms with Crippen LogP contribution >= 0.6 is 0 Å². The number of amides is 1. The van der Waals surface area contributed by atoms with Crippen LogP contribution in [0.15, 0.2) is 83.3 Å². The Kier molecular flexibility index (Phi) is 5.52. The standard InChI is InChI=1S/C23H22N8O/c32-23(25-18-6-8-20(9-7-18)27-26-19-4-2-1-3-5-19)17-12-14-30(15-13-17)22-11-10-21-28-24-16-31(21)29-22/h1-11,16-17H,12-15H2,(H,25,32). The predicted octanol–water partition coefficient (Wildman–Crippen LogP) is 4.39. The molecule has 0 unspecified atom stereocenters. The van der Waals surface area contributed by atoms with E-state index < -0.39 is 0 Å². The van der Waals surface area contributed by atoms with E-state index in [1.165, 1.54) is 0 Å². The van der Waals surface area contributed by atoms with E-state index in [-0.39, 0.29) is 11.8 Å². The van der Waals surface area contributed by atoms with Crippen LogP contribution in [0, 0.1) is 5.92 Å². The zero-order valence-corrected chi connectivity index (χ0v) is 17.4. The molecule has 160 valence electrons. The number of fused-ring (bicyclic) bond motifs is 1. The Morgan fingerprint density at radius 1 is 0.906 bits per heavy atom. The lowest BCUT2D eigenvalue weighted by Crippen LogP contribution is -2.38. The van der Waals surface area contributed by atoms with Crippen LogP contribution in [0.2, 0.25) is 0 Å².